The number of rotatable bonds is 4. The lowest BCUT2D eigenvalue weighted by atomic mass is 10.0. The Labute approximate surface area is 149 Å². The van der Waals surface area contributed by atoms with Crippen LogP contribution in [0, 0.1) is 0 Å². The first-order valence-electron chi connectivity index (χ1n) is 8.13. The molecular weight excluding hydrogens is 334 g/mol. The van der Waals surface area contributed by atoms with Crippen LogP contribution in [0.25, 0.3) is 11.1 Å². The van der Waals surface area contributed by atoms with E-state index in [-0.39, 0.29) is 11.9 Å². The van der Waals surface area contributed by atoms with Crippen LogP contribution in [0.2, 0.25) is 0 Å². The molecule has 3 aromatic rings. The van der Waals surface area contributed by atoms with Gasteiger partial charge in [-0.25, -0.2) is 4.37 Å². The molecule has 126 valence electrons. The third-order valence-corrected chi connectivity index (χ3v) is 5.18. The van der Waals surface area contributed by atoms with Crippen molar-refractivity contribution < 1.29 is 9.53 Å². The fraction of sp³-hybridized carbons (Fsp3) is 0.211. The van der Waals surface area contributed by atoms with Crippen LogP contribution < -0.4 is 10.1 Å². The Morgan fingerprint density at radius 3 is 3.00 bits per heavy atom. The number of hydrogen-bond donors (Lipinski definition) is 1. The van der Waals surface area contributed by atoms with Crippen LogP contribution in [-0.4, -0.2) is 21.9 Å². The van der Waals surface area contributed by atoms with Gasteiger partial charge < -0.3 is 10.1 Å². The van der Waals surface area contributed by atoms with Gasteiger partial charge >= 0.3 is 0 Å². The van der Waals surface area contributed by atoms with E-state index < -0.39 is 0 Å². The van der Waals surface area contributed by atoms with Crippen molar-refractivity contribution in [3.63, 3.8) is 0 Å². The van der Waals surface area contributed by atoms with E-state index in [9.17, 15) is 4.79 Å². The Morgan fingerprint density at radius 1 is 1.24 bits per heavy atom. The van der Waals surface area contributed by atoms with Crippen LogP contribution in [0.15, 0.2) is 48.9 Å². The normalized spacial score (nSPS) is 13.8. The van der Waals surface area contributed by atoms with Gasteiger partial charge in [-0.15, -0.1) is 0 Å². The summed E-state index contributed by atoms with van der Waals surface area (Å²) in [5, 5.41) is 2.99. The molecule has 1 N–H and O–H groups in total. The van der Waals surface area contributed by atoms with Crippen molar-refractivity contribution in [3.05, 3.63) is 64.9 Å². The minimum Gasteiger partial charge on any atom is -0.493 e. The smallest absolute Gasteiger partial charge is 0.253 e. The van der Waals surface area contributed by atoms with E-state index in [1.54, 1.807) is 18.6 Å². The summed E-state index contributed by atoms with van der Waals surface area (Å²) in [7, 11) is 0. The van der Waals surface area contributed by atoms with Gasteiger partial charge in [0.2, 0.25) is 0 Å². The standard InChI is InChI=1S/C19H17N3O2S/c1-12(18-4-6-21-25-18)22-19(23)16-9-15(10-20-11-16)13-2-3-17-14(8-13)5-7-24-17/h2-4,6,8-12H,5,7H2,1H3,(H,22,23). The lowest BCUT2D eigenvalue weighted by Crippen LogP contribution is -2.26. The number of carbonyl (C=O) groups excluding carboxylic acids is 1. The van der Waals surface area contributed by atoms with Crippen LogP contribution >= 0.6 is 11.5 Å². The van der Waals surface area contributed by atoms with Crippen molar-refractivity contribution in [2.75, 3.05) is 6.61 Å². The van der Waals surface area contributed by atoms with Gasteiger partial charge in [0.25, 0.3) is 5.91 Å². The molecule has 0 bridgehead atoms. The van der Waals surface area contributed by atoms with Crippen molar-refractivity contribution in [3.8, 4) is 16.9 Å². The summed E-state index contributed by atoms with van der Waals surface area (Å²) in [5.74, 6) is 0.809. The van der Waals surface area contributed by atoms with E-state index in [0.717, 1.165) is 34.8 Å². The second-order valence-corrected chi connectivity index (χ2v) is 6.86. The number of hydrogen-bond acceptors (Lipinski definition) is 5. The van der Waals surface area contributed by atoms with Crippen molar-refractivity contribution in [1.29, 1.82) is 0 Å². The highest BCUT2D eigenvalue weighted by molar-refractivity contribution is 7.05. The van der Waals surface area contributed by atoms with Crippen LogP contribution in [0.3, 0.4) is 0 Å². The van der Waals surface area contributed by atoms with Gasteiger partial charge in [0, 0.05) is 35.5 Å². The number of carbonyl (C=O) groups is 1. The summed E-state index contributed by atoms with van der Waals surface area (Å²) < 4.78 is 9.62. The maximum atomic E-state index is 12.5. The number of nitrogens with one attached hydrogen (secondary N) is 1. The average molecular weight is 351 g/mol. The van der Waals surface area contributed by atoms with E-state index in [2.05, 4.69) is 20.7 Å². The maximum Gasteiger partial charge on any atom is 0.253 e. The van der Waals surface area contributed by atoms with Crippen LogP contribution in [0.4, 0.5) is 0 Å². The molecule has 0 fully saturated rings. The van der Waals surface area contributed by atoms with Gasteiger partial charge in [-0.3, -0.25) is 9.78 Å². The van der Waals surface area contributed by atoms with Gasteiger partial charge in [0.1, 0.15) is 5.75 Å². The molecule has 2 aromatic heterocycles. The van der Waals surface area contributed by atoms with E-state index in [1.807, 2.05) is 31.2 Å². The molecule has 5 nitrogen and oxygen atoms in total. The second kappa shape index (κ2) is 6.64. The van der Waals surface area contributed by atoms with Crippen LogP contribution in [-0.2, 0) is 6.42 Å². The zero-order valence-electron chi connectivity index (χ0n) is 13.7. The number of benzene rings is 1. The van der Waals surface area contributed by atoms with E-state index in [4.69, 9.17) is 4.74 Å². The molecule has 1 aromatic carbocycles. The molecule has 3 heterocycles. The molecule has 4 rings (SSSR count). The molecule has 0 aliphatic carbocycles. The molecule has 1 amide bonds. The molecule has 25 heavy (non-hydrogen) atoms. The maximum absolute atomic E-state index is 12.5. The monoisotopic (exact) mass is 351 g/mol. The van der Waals surface area contributed by atoms with Gasteiger partial charge in [0.15, 0.2) is 0 Å². The Morgan fingerprint density at radius 2 is 2.16 bits per heavy atom. The highest BCUT2D eigenvalue weighted by Gasteiger charge is 2.15. The average Bonchev–Trinajstić information content (AvgIpc) is 3.32. The van der Waals surface area contributed by atoms with Gasteiger partial charge in [-0.1, -0.05) is 6.07 Å². The summed E-state index contributed by atoms with van der Waals surface area (Å²) >= 11 is 1.39. The Kier molecular flexibility index (Phi) is 4.19. The number of ether oxygens (including phenoxy) is 1. The van der Waals surface area contributed by atoms with Gasteiger partial charge in [0.05, 0.1) is 18.2 Å². The molecule has 1 atom stereocenters. The first-order valence-corrected chi connectivity index (χ1v) is 8.90. The molecule has 0 spiro atoms. The van der Waals surface area contributed by atoms with Crippen molar-refractivity contribution in [2.24, 2.45) is 0 Å². The van der Waals surface area contributed by atoms with Crippen molar-refractivity contribution in [1.82, 2.24) is 14.7 Å². The lowest BCUT2D eigenvalue weighted by Gasteiger charge is -2.12. The molecule has 0 radical (unpaired) electrons. The summed E-state index contributed by atoms with van der Waals surface area (Å²) in [6, 6.07) is 9.80. The highest BCUT2D eigenvalue weighted by atomic mass is 32.1. The zero-order valence-corrected chi connectivity index (χ0v) is 14.5. The van der Waals surface area contributed by atoms with E-state index in [1.165, 1.54) is 17.1 Å². The lowest BCUT2D eigenvalue weighted by molar-refractivity contribution is 0.0940. The topological polar surface area (TPSA) is 64.1 Å². The minimum absolute atomic E-state index is 0.0826. The Bertz CT molecular complexity index is 909. The van der Waals surface area contributed by atoms with Gasteiger partial charge in [-0.05, 0) is 53.8 Å². The highest BCUT2D eigenvalue weighted by Crippen LogP contribution is 2.30. The fourth-order valence-corrected chi connectivity index (χ4v) is 3.47. The first-order chi connectivity index (χ1) is 12.2. The van der Waals surface area contributed by atoms with Crippen molar-refractivity contribution in [2.45, 2.75) is 19.4 Å². The van der Waals surface area contributed by atoms with Gasteiger partial charge in [-0.2, -0.15) is 0 Å². The zero-order chi connectivity index (χ0) is 17.2. The summed E-state index contributed by atoms with van der Waals surface area (Å²) in [5.41, 5.74) is 3.71. The van der Waals surface area contributed by atoms with E-state index >= 15 is 0 Å². The largest absolute Gasteiger partial charge is 0.493 e. The Hall–Kier alpha value is -2.73. The van der Waals surface area contributed by atoms with Crippen molar-refractivity contribution >= 4 is 17.4 Å². The predicted molar refractivity (Wildman–Crippen MR) is 96.9 cm³/mol. The third-order valence-electron chi connectivity index (χ3n) is 4.26. The number of fused-ring (bicyclic) bond motifs is 1. The number of amides is 1. The minimum atomic E-state index is -0.139. The Balaban J connectivity index is 1.56. The number of pyridine rings is 1. The van der Waals surface area contributed by atoms with Crippen LogP contribution in [0.1, 0.15) is 33.8 Å². The molecular formula is C19H17N3O2S. The first kappa shape index (κ1) is 15.8. The molecule has 1 aliphatic rings. The van der Waals surface area contributed by atoms with E-state index in [0.29, 0.717) is 5.56 Å². The molecule has 1 aliphatic heterocycles. The third kappa shape index (κ3) is 3.25. The predicted octanol–water partition coefficient (Wildman–Crippen LogP) is 3.63. The molecule has 1 unspecified atom stereocenters. The number of aromatic nitrogens is 2. The molecule has 0 saturated carbocycles. The summed E-state index contributed by atoms with van der Waals surface area (Å²) in [4.78, 5) is 17.8. The second-order valence-electron chi connectivity index (χ2n) is 5.99. The SMILES string of the molecule is CC(NC(=O)c1cncc(-c2ccc3c(c2)CCO3)c1)c1ccns1. The summed E-state index contributed by atoms with van der Waals surface area (Å²) in [6.07, 6.45) is 6.03. The fourth-order valence-electron chi connectivity index (χ4n) is 2.89. The van der Waals surface area contributed by atoms with Crippen LogP contribution in [0.5, 0.6) is 5.75 Å². The quantitative estimate of drug-likeness (QED) is 0.779. The summed E-state index contributed by atoms with van der Waals surface area (Å²) in [6.45, 7) is 2.68. The molecule has 6 heteroatoms. The number of nitrogens with zero attached hydrogens (tertiary/aromatic N) is 2. The molecule has 0 saturated heterocycles.